The molecule has 2 aromatic rings. The van der Waals surface area contributed by atoms with Crippen LogP contribution in [0.3, 0.4) is 0 Å². The molecule has 7 heteroatoms. The highest BCUT2D eigenvalue weighted by molar-refractivity contribution is 5.86. The van der Waals surface area contributed by atoms with Crippen molar-refractivity contribution in [3.8, 4) is 0 Å². The zero-order valence-electron chi connectivity index (χ0n) is 9.58. The second-order valence-electron chi connectivity index (χ2n) is 4.48. The summed E-state index contributed by atoms with van der Waals surface area (Å²) in [7, 11) is 0. The Bertz CT molecular complexity index is 602. The van der Waals surface area contributed by atoms with Crippen LogP contribution in [-0.4, -0.2) is 32.0 Å². The maximum absolute atomic E-state index is 10.5. The van der Waals surface area contributed by atoms with Crippen molar-refractivity contribution in [2.24, 2.45) is 0 Å². The van der Waals surface area contributed by atoms with Gasteiger partial charge in [-0.05, 0) is 25.0 Å². The topological polar surface area (TPSA) is 106 Å². The smallest absolute Gasteiger partial charge is 0.404 e. The standard InChI is InChI=1S/C11H13N5O2/c12-9-8-2-1-3-13-10(8)16(15-9)7-4-6(5-7)14-11(17)18/h1-3,6-7,14H,4-5H2,(H2,12,15)(H,17,18)/t6-,7-. The molecule has 0 radical (unpaired) electrons. The third kappa shape index (κ3) is 1.64. The van der Waals surface area contributed by atoms with E-state index in [4.69, 9.17) is 10.8 Å². The minimum Gasteiger partial charge on any atom is -0.465 e. The first kappa shape index (κ1) is 10.8. The van der Waals surface area contributed by atoms with Crippen LogP contribution >= 0.6 is 0 Å². The molecule has 2 aromatic heterocycles. The number of hydrogen-bond donors (Lipinski definition) is 3. The van der Waals surface area contributed by atoms with Gasteiger partial charge in [0.25, 0.3) is 0 Å². The van der Waals surface area contributed by atoms with Gasteiger partial charge in [-0.3, -0.25) is 0 Å². The van der Waals surface area contributed by atoms with E-state index in [-0.39, 0.29) is 12.1 Å². The number of rotatable bonds is 2. The van der Waals surface area contributed by atoms with Crippen molar-refractivity contribution in [3.05, 3.63) is 18.3 Å². The van der Waals surface area contributed by atoms with Crippen molar-refractivity contribution in [3.63, 3.8) is 0 Å². The maximum Gasteiger partial charge on any atom is 0.404 e. The van der Waals surface area contributed by atoms with E-state index in [1.54, 1.807) is 10.9 Å². The van der Waals surface area contributed by atoms with Crippen LogP contribution in [0.4, 0.5) is 10.6 Å². The van der Waals surface area contributed by atoms with Gasteiger partial charge in [0.2, 0.25) is 0 Å². The monoisotopic (exact) mass is 247 g/mol. The Labute approximate surface area is 103 Å². The third-order valence-corrected chi connectivity index (χ3v) is 3.28. The number of carbonyl (C=O) groups is 1. The van der Waals surface area contributed by atoms with E-state index in [0.717, 1.165) is 23.9 Å². The van der Waals surface area contributed by atoms with Gasteiger partial charge in [-0.25, -0.2) is 14.5 Å². The summed E-state index contributed by atoms with van der Waals surface area (Å²) in [6.07, 6.45) is 2.16. The number of hydrogen-bond acceptors (Lipinski definition) is 4. The van der Waals surface area contributed by atoms with Crippen molar-refractivity contribution < 1.29 is 9.90 Å². The summed E-state index contributed by atoms with van der Waals surface area (Å²) in [4.78, 5) is 14.8. The summed E-state index contributed by atoms with van der Waals surface area (Å²) in [5.41, 5.74) is 6.59. The number of pyridine rings is 1. The Morgan fingerprint density at radius 3 is 3.06 bits per heavy atom. The van der Waals surface area contributed by atoms with Gasteiger partial charge in [0.15, 0.2) is 11.5 Å². The van der Waals surface area contributed by atoms with E-state index in [1.807, 2.05) is 12.1 Å². The molecular formula is C11H13N5O2. The van der Waals surface area contributed by atoms with E-state index in [2.05, 4.69) is 15.4 Å². The Morgan fingerprint density at radius 1 is 1.56 bits per heavy atom. The molecule has 3 rings (SSSR count). The molecule has 0 spiro atoms. The minimum atomic E-state index is -0.985. The lowest BCUT2D eigenvalue weighted by Gasteiger charge is -2.35. The first-order valence-corrected chi connectivity index (χ1v) is 5.73. The van der Waals surface area contributed by atoms with Crippen molar-refractivity contribution in [2.45, 2.75) is 24.9 Å². The van der Waals surface area contributed by atoms with Crippen LogP contribution in [-0.2, 0) is 0 Å². The highest BCUT2D eigenvalue weighted by Crippen LogP contribution is 2.34. The molecule has 0 aromatic carbocycles. The molecule has 4 N–H and O–H groups in total. The van der Waals surface area contributed by atoms with Crippen LogP contribution in [0.1, 0.15) is 18.9 Å². The lowest BCUT2D eigenvalue weighted by atomic mass is 9.87. The van der Waals surface area contributed by atoms with Gasteiger partial charge in [0.05, 0.1) is 11.4 Å². The van der Waals surface area contributed by atoms with Crippen LogP contribution < -0.4 is 11.1 Å². The molecular weight excluding hydrogens is 234 g/mol. The fourth-order valence-electron chi connectivity index (χ4n) is 2.33. The van der Waals surface area contributed by atoms with Gasteiger partial charge in [-0.2, -0.15) is 5.10 Å². The third-order valence-electron chi connectivity index (χ3n) is 3.28. The molecule has 0 bridgehead atoms. The number of nitrogens with one attached hydrogen (secondary N) is 1. The van der Waals surface area contributed by atoms with Crippen LogP contribution in [0.5, 0.6) is 0 Å². The van der Waals surface area contributed by atoms with Crippen molar-refractivity contribution >= 4 is 22.9 Å². The van der Waals surface area contributed by atoms with Crippen LogP contribution in [0, 0.1) is 0 Å². The molecule has 0 unspecified atom stereocenters. The highest BCUT2D eigenvalue weighted by atomic mass is 16.4. The van der Waals surface area contributed by atoms with E-state index < -0.39 is 6.09 Å². The molecule has 18 heavy (non-hydrogen) atoms. The molecule has 94 valence electrons. The lowest BCUT2D eigenvalue weighted by Crippen LogP contribution is -2.44. The Hall–Kier alpha value is -2.31. The summed E-state index contributed by atoms with van der Waals surface area (Å²) in [6.45, 7) is 0. The average Bonchev–Trinajstić information content (AvgIpc) is 2.61. The average molecular weight is 247 g/mol. The molecule has 0 saturated heterocycles. The quantitative estimate of drug-likeness (QED) is 0.733. The largest absolute Gasteiger partial charge is 0.465 e. The fourth-order valence-corrected chi connectivity index (χ4v) is 2.33. The summed E-state index contributed by atoms with van der Waals surface area (Å²) in [5.74, 6) is 0.466. The predicted molar refractivity (Wildman–Crippen MR) is 65.2 cm³/mol. The summed E-state index contributed by atoms with van der Waals surface area (Å²) in [5, 5.41) is 16.2. The zero-order chi connectivity index (χ0) is 12.7. The summed E-state index contributed by atoms with van der Waals surface area (Å²) in [6, 6.07) is 3.86. The molecule has 1 saturated carbocycles. The number of fused-ring (bicyclic) bond motifs is 1. The van der Waals surface area contributed by atoms with Gasteiger partial charge in [0.1, 0.15) is 0 Å². The zero-order valence-corrected chi connectivity index (χ0v) is 9.58. The van der Waals surface area contributed by atoms with Crippen molar-refractivity contribution in [1.29, 1.82) is 0 Å². The number of anilines is 1. The lowest BCUT2D eigenvalue weighted by molar-refractivity contribution is 0.165. The molecule has 1 fully saturated rings. The molecule has 0 atom stereocenters. The van der Waals surface area contributed by atoms with E-state index in [9.17, 15) is 4.79 Å². The van der Waals surface area contributed by atoms with Crippen molar-refractivity contribution in [1.82, 2.24) is 20.1 Å². The SMILES string of the molecule is Nc1nn([C@H]2C[C@H](NC(=O)O)C2)c2ncccc12. The van der Waals surface area contributed by atoms with Crippen LogP contribution in [0.25, 0.3) is 11.0 Å². The molecule has 2 heterocycles. The van der Waals surface area contributed by atoms with Crippen LogP contribution in [0.15, 0.2) is 18.3 Å². The first-order chi connectivity index (χ1) is 8.65. The normalized spacial score (nSPS) is 22.7. The second kappa shape index (κ2) is 3.86. The number of amides is 1. The van der Waals surface area contributed by atoms with Gasteiger partial charge in [-0.1, -0.05) is 0 Å². The Morgan fingerprint density at radius 2 is 2.33 bits per heavy atom. The molecule has 1 aliphatic carbocycles. The van der Waals surface area contributed by atoms with Crippen molar-refractivity contribution in [2.75, 3.05) is 5.73 Å². The summed E-state index contributed by atoms with van der Waals surface area (Å²) >= 11 is 0. The minimum absolute atomic E-state index is 0.00307. The van der Waals surface area contributed by atoms with Gasteiger partial charge < -0.3 is 16.2 Å². The number of nitrogen functional groups attached to an aromatic ring is 1. The molecule has 1 aliphatic rings. The van der Waals surface area contributed by atoms with E-state index in [1.165, 1.54) is 0 Å². The van der Waals surface area contributed by atoms with Gasteiger partial charge >= 0.3 is 6.09 Å². The van der Waals surface area contributed by atoms with E-state index in [0.29, 0.717) is 5.82 Å². The highest BCUT2D eigenvalue weighted by Gasteiger charge is 2.33. The Kier molecular flexibility index (Phi) is 2.32. The first-order valence-electron chi connectivity index (χ1n) is 5.73. The summed E-state index contributed by atoms with van der Waals surface area (Å²) < 4.78 is 1.80. The Balaban J connectivity index is 1.83. The van der Waals surface area contributed by atoms with Crippen LogP contribution in [0.2, 0.25) is 0 Å². The number of carboxylic acid groups (broad SMARTS) is 1. The molecule has 7 nitrogen and oxygen atoms in total. The predicted octanol–water partition coefficient (Wildman–Crippen LogP) is 0.985. The fraction of sp³-hybridized carbons (Fsp3) is 0.364. The molecule has 1 amide bonds. The number of aromatic nitrogens is 3. The van der Waals surface area contributed by atoms with Gasteiger partial charge in [0, 0.05) is 12.2 Å². The number of nitrogens with two attached hydrogens (primary N) is 1. The maximum atomic E-state index is 10.5. The van der Waals surface area contributed by atoms with E-state index >= 15 is 0 Å². The second-order valence-corrected chi connectivity index (χ2v) is 4.48. The molecule has 0 aliphatic heterocycles. The van der Waals surface area contributed by atoms with Gasteiger partial charge in [-0.15, -0.1) is 0 Å². The number of nitrogens with zero attached hydrogens (tertiary/aromatic N) is 3.